The molecule has 0 saturated carbocycles. The van der Waals surface area contributed by atoms with E-state index in [2.05, 4.69) is 13.0 Å². The summed E-state index contributed by atoms with van der Waals surface area (Å²) in [7, 11) is 0. The first-order chi connectivity index (χ1) is 9.06. The van der Waals surface area contributed by atoms with Gasteiger partial charge in [0, 0.05) is 16.5 Å². The largest absolute Gasteiger partial charge is 0.392 e. The SMILES string of the molecule is Cc1ccccc1CC(O)Cc1ccc(Cl)cc1Cl. The summed E-state index contributed by atoms with van der Waals surface area (Å²) >= 11 is 12.0. The molecule has 1 N–H and O–H groups in total. The quantitative estimate of drug-likeness (QED) is 0.883. The first-order valence-electron chi connectivity index (χ1n) is 6.23. The van der Waals surface area contributed by atoms with Crippen LogP contribution in [-0.4, -0.2) is 11.2 Å². The highest BCUT2D eigenvalue weighted by Gasteiger charge is 2.11. The molecule has 0 radical (unpaired) electrons. The molecule has 0 bridgehead atoms. The standard InChI is InChI=1S/C16H16Cl2O/c1-11-4-2-3-5-12(11)8-15(19)9-13-6-7-14(17)10-16(13)18/h2-7,10,15,19H,8-9H2,1H3. The number of hydrogen-bond acceptors (Lipinski definition) is 1. The van der Waals surface area contributed by atoms with Crippen LogP contribution in [0.5, 0.6) is 0 Å². The van der Waals surface area contributed by atoms with Crippen molar-refractivity contribution in [2.24, 2.45) is 0 Å². The maximum Gasteiger partial charge on any atom is 0.0621 e. The van der Waals surface area contributed by atoms with Crippen molar-refractivity contribution in [2.75, 3.05) is 0 Å². The fourth-order valence-electron chi connectivity index (χ4n) is 2.11. The molecule has 1 nitrogen and oxygen atoms in total. The van der Waals surface area contributed by atoms with Gasteiger partial charge in [0.2, 0.25) is 0 Å². The molecule has 0 aliphatic rings. The van der Waals surface area contributed by atoms with Gasteiger partial charge >= 0.3 is 0 Å². The van der Waals surface area contributed by atoms with Crippen LogP contribution in [0.2, 0.25) is 10.0 Å². The van der Waals surface area contributed by atoms with Crippen molar-refractivity contribution >= 4 is 23.2 Å². The van der Waals surface area contributed by atoms with E-state index in [9.17, 15) is 5.11 Å². The Balaban J connectivity index is 2.05. The molecule has 0 spiro atoms. The lowest BCUT2D eigenvalue weighted by Crippen LogP contribution is -2.14. The smallest absolute Gasteiger partial charge is 0.0621 e. The molecular formula is C16H16Cl2O. The minimum Gasteiger partial charge on any atom is -0.392 e. The predicted molar refractivity (Wildman–Crippen MR) is 81.1 cm³/mol. The lowest BCUT2D eigenvalue weighted by atomic mass is 9.98. The Morgan fingerprint density at radius 2 is 1.68 bits per heavy atom. The van der Waals surface area contributed by atoms with E-state index in [0.29, 0.717) is 22.9 Å². The van der Waals surface area contributed by atoms with Crippen molar-refractivity contribution in [1.29, 1.82) is 0 Å². The maximum absolute atomic E-state index is 10.2. The van der Waals surface area contributed by atoms with E-state index in [1.807, 2.05) is 24.3 Å². The Hall–Kier alpha value is -1.02. The van der Waals surface area contributed by atoms with Crippen molar-refractivity contribution in [3.63, 3.8) is 0 Å². The number of benzene rings is 2. The fraction of sp³-hybridized carbons (Fsp3) is 0.250. The van der Waals surface area contributed by atoms with Gasteiger partial charge in [-0.2, -0.15) is 0 Å². The molecular weight excluding hydrogens is 279 g/mol. The van der Waals surface area contributed by atoms with E-state index >= 15 is 0 Å². The third-order valence-electron chi connectivity index (χ3n) is 3.19. The molecule has 2 rings (SSSR count). The van der Waals surface area contributed by atoms with Crippen LogP contribution >= 0.6 is 23.2 Å². The Kier molecular flexibility index (Phi) is 4.87. The van der Waals surface area contributed by atoms with E-state index in [1.54, 1.807) is 12.1 Å². The van der Waals surface area contributed by atoms with E-state index in [4.69, 9.17) is 23.2 Å². The van der Waals surface area contributed by atoms with E-state index in [0.717, 1.165) is 5.56 Å². The maximum atomic E-state index is 10.2. The number of aryl methyl sites for hydroxylation is 1. The molecule has 100 valence electrons. The van der Waals surface area contributed by atoms with Gasteiger partial charge in [-0.15, -0.1) is 0 Å². The van der Waals surface area contributed by atoms with E-state index in [-0.39, 0.29) is 0 Å². The summed E-state index contributed by atoms with van der Waals surface area (Å²) in [4.78, 5) is 0. The van der Waals surface area contributed by atoms with Crippen LogP contribution in [0.15, 0.2) is 42.5 Å². The first kappa shape index (κ1) is 14.4. The first-order valence-corrected chi connectivity index (χ1v) is 6.98. The van der Waals surface area contributed by atoms with Crippen LogP contribution in [0.1, 0.15) is 16.7 Å². The fourth-order valence-corrected chi connectivity index (χ4v) is 2.59. The Bertz CT molecular complexity index is 566. The summed E-state index contributed by atoms with van der Waals surface area (Å²) in [6.07, 6.45) is 0.718. The zero-order chi connectivity index (χ0) is 13.8. The number of aliphatic hydroxyl groups is 1. The Morgan fingerprint density at radius 3 is 2.37 bits per heavy atom. The molecule has 0 amide bonds. The van der Waals surface area contributed by atoms with Crippen molar-refractivity contribution in [3.8, 4) is 0 Å². The average molecular weight is 295 g/mol. The minimum absolute atomic E-state index is 0.445. The van der Waals surface area contributed by atoms with Gasteiger partial charge in [-0.3, -0.25) is 0 Å². The monoisotopic (exact) mass is 294 g/mol. The number of rotatable bonds is 4. The second-order valence-corrected chi connectivity index (χ2v) is 5.57. The molecule has 2 aromatic rings. The van der Waals surface area contributed by atoms with Crippen LogP contribution in [0.25, 0.3) is 0 Å². The second-order valence-electron chi connectivity index (χ2n) is 4.72. The van der Waals surface area contributed by atoms with Gasteiger partial charge in [0.25, 0.3) is 0 Å². The predicted octanol–water partition coefficient (Wildman–Crippen LogP) is 4.45. The van der Waals surface area contributed by atoms with Crippen LogP contribution < -0.4 is 0 Å². The Morgan fingerprint density at radius 1 is 1.00 bits per heavy atom. The molecule has 19 heavy (non-hydrogen) atoms. The summed E-state index contributed by atoms with van der Waals surface area (Å²) in [5.74, 6) is 0. The van der Waals surface area contributed by atoms with Crippen LogP contribution in [0.4, 0.5) is 0 Å². The Labute approximate surface area is 123 Å². The lowest BCUT2D eigenvalue weighted by molar-refractivity contribution is 0.175. The molecule has 3 heteroatoms. The van der Waals surface area contributed by atoms with Crippen molar-refractivity contribution in [1.82, 2.24) is 0 Å². The van der Waals surface area contributed by atoms with E-state index < -0.39 is 6.10 Å². The topological polar surface area (TPSA) is 20.2 Å². The molecule has 0 heterocycles. The number of hydrogen-bond donors (Lipinski definition) is 1. The van der Waals surface area contributed by atoms with Gasteiger partial charge in [0.15, 0.2) is 0 Å². The summed E-state index contributed by atoms with van der Waals surface area (Å²) in [5, 5.41) is 11.4. The third kappa shape index (κ3) is 3.97. The molecule has 0 aliphatic heterocycles. The highest BCUT2D eigenvalue weighted by Crippen LogP contribution is 2.23. The van der Waals surface area contributed by atoms with Crippen molar-refractivity contribution < 1.29 is 5.11 Å². The van der Waals surface area contributed by atoms with Crippen LogP contribution in [0.3, 0.4) is 0 Å². The van der Waals surface area contributed by atoms with Gasteiger partial charge in [0.1, 0.15) is 0 Å². The van der Waals surface area contributed by atoms with Crippen LogP contribution in [-0.2, 0) is 12.8 Å². The summed E-state index contributed by atoms with van der Waals surface area (Å²) in [5.41, 5.74) is 3.29. The molecule has 1 atom stereocenters. The summed E-state index contributed by atoms with van der Waals surface area (Å²) in [6.45, 7) is 2.05. The van der Waals surface area contributed by atoms with Gasteiger partial charge in [-0.05, 0) is 42.2 Å². The van der Waals surface area contributed by atoms with Crippen molar-refractivity contribution in [3.05, 3.63) is 69.2 Å². The normalized spacial score (nSPS) is 12.4. The van der Waals surface area contributed by atoms with Gasteiger partial charge < -0.3 is 5.11 Å². The number of halogens is 2. The van der Waals surface area contributed by atoms with Gasteiger partial charge in [0.05, 0.1) is 6.10 Å². The molecule has 0 saturated heterocycles. The minimum atomic E-state index is -0.445. The molecule has 0 fully saturated rings. The molecule has 1 unspecified atom stereocenters. The second kappa shape index (κ2) is 6.42. The average Bonchev–Trinajstić information content (AvgIpc) is 2.36. The van der Waals surface area contributed by atoms with Crippen LogP contribution in [0, 0.1) is 6.92 Å². The summed E-state index contributed by atoms with van der Waals surface area (Å²) in [6, 6.07) is 13.5. The highest BCUT2D eigenvalue weighted by atomic mass is 35.5. The van der Waals surface area contributed by atoms with Gasteiger partial charge in [-0.1, -0.05) is 53.5 Å². The van der Waals surface area contributed by atoms with E-state index in [1.165, 1.54) is 11.1 Å². The molecule has 2 aromatic carbocycles. The zero-order valence-corrected chi connectivity index (χ0v) is 12.2. The number of aliphatic hydroxyl groups excluding tert-OH is 1. The highest BCUT2D eigenvalue weighted by molar-refractivity contribution is 6.35. The van der Waals surface area contributed by atoms with Crippen molar-refractivity contribution in [2.45, 2.75) is 25.9 Å². The lowest BCUT2D eigenvalue weighted by Gasteiger charge is -2.13. The zero-order valence-electron chi connectivity index (χ0n) is 10.7. The van der Waals surface area contributed by atoms with Gasteiger partial charge in [-0.25, -0.2) is 0 Å². The molecule has 0 aromatic heterocycles. The third-order valence-corrected chi connectivity index (χ3v) is 3.77. The summed E-state index contributed by atoms with van der Waals surface area (Å²) < 4.78 is 0. The molecule has 0 aliphatic carbocycles.